The number of benzene rings is 1. The molecule has 1 aromatic carbocycles. The minimum absolute atomic E-state index is 0.891. The van der Waals surface area contributed by atoms with Crippen LogP contribution in [0, 0.1) is 11.8 Å². The number of hydrogen-bond acceptors (Lipinski definition) is 2. The monoisotopic (exact) mass is 275 g/mol. The third kappa shape index (κ3) is 4.52. The second-order valence-corrected chi connectivity index (χ2v) is 6.00. The lowest BCUT2D eigenvalue weighted by molar-refractivity contribution is 0.219. The van der Waals surface area contributed by atoms with E-state index in [1.165, 1.54) is 50.6 Å². The Morgan fingerprint density at radius 3 is 2.45 bits per heavy atom. The maximum atomic E-state index is 5.22. The van der Waals surface area contributed by atoms with Gasteiger partial charge in [0, 0.05) is 0 Å². The third-order valence-corrected chi connectivity index (χ3v) is 4.69. The number of rotatable bonds is 7. The molecule has 0 spiro atoms. The van der Waals surface area contributed by atoms with Gasteiger partial charge in [0.25, 0.3) is 0 Å². The summed E-state index contributed by atoms with van der Waals surface area (Å²) in [5.41, 5.74) is 1.44. The molecule has 2 heteroatoms. The van der Waals surface area contributed by atoms with Crippen molar-refractivity contribution in [3.05, 3.63) is 29.8 Å². The molecule has 20 heavy (non-hydrogen) atoms. The minimum Gasteiger partial charge on any atom is -0.497 e. The summed E-state index contributed by atoms with van der Waals surface area (Å²) in [4.78, 5) is 0. The Kier molecular flexibility index (Phi) is 6.38. The van der Waals surface area contributed by atoms with Crippen molar-refractivity contribution in [2.45, 2.75) is 45.4 Å². The summed E-state index contributed by atoms with van der Waals surface area (Å²) in [6.07, 6.45) is 8.23. The Hall–Kier alpha value is -1.02. The molecule has 1 fully saturated rings. The van der Waals surface area contributed by atoms with Crippen molar-refractivity contribution in [2.24, 2.45) is 11.8 Å². The van der Waals surface area contributed by atoms with Crippen molar-refractivity contribution in [2.75, 3.05) is 20.2 Å². The first kappa shape index (κ1) is 15.4. The first-order valence-electron chi connectivity index (χ1n) is 8.17. The van der Waals surface area contributed by atoms with Gasteiger partial charge in [-0.3, -0.25) is 0 Å². The summed E-state index contributed by atoms with van der Waals surface area (Å²) in [6.45, 7) is 4.51. The molecule has 0 radical (unpaired) electrons. The topological polar surface area (TPSA) is 21.3 Å². The van der Waals surface area contributed by atoms with Crippen molar-refractivity contribution < 1.29 is 4.74 Å². The minimum atomic E-state index is 0.891. The number of hydrogen-bond donors (Lipinski definition) is 1. The molecule has 2 atom stereocenters. The molecule has 2 nitrogen and oxygen atoms in total. The predicted octanol–water partition coefficient (Wildman–Crippen LogP) is 4.04. The van der Waals surface area contributed by atoms with E-state index in [0.29, 0.717) is 0 Å². The second kappa shape index (κ2) is 8.31. The van der Waals surface area contributed by atoms with E-state index in [4.69, 9.17) is 4.74 Å². The molecule has 2 unspecified atom stereocenters. The van der Waals surface area contributed by atoms with E-state index in [-0.39, 0.29) is 0 Å². The largest absolute Gasteiger partial charge is 0.497 e. The van der Waals surface area contributed by atoms with Gasteiger partial charge in [-0.2, -0.15) is 0 Å². The van der Waals surface area contributed by atoms with Gasteiger partial charge in [0.15, 0.2) is 0 Å². The number of methoxy groups -OCH3 is 1. The van der Waals surface area contributed by atoms with Crippen molar-refractivity contribution >= 4 is 0 Å². The van der Waals surface area contributed by atoms with Crippen LogP contribution in [0.15, 0.2) is 24.3 Å². The van der Waals surface area contributed by atoms with Crippen LogP contribution in [0.4, 0.5) is 0 Å². The van der Waals surface area contributed by atoms with Crippen LogP contribution in [0.25, 0.3) is 0 Å². The van der Waals surface area contributed by atoms with Crippen molar-refractivity contribution in [1.82, 2.24) is 5.32 Å². The molecule has 0 aromatic heterocycles. The van der Waals surface area contributed by atoms with Gasteiger partial charge < -0.3 is 10.1 Å². The Labute approximate surface area is 123 Å². The number of nitrogens with one attached hydrogen (secondary N) is 1. The molecule has 112 valence electrons. The molecule has 0 saturated heterocycles. The van der Waals surface area contributed by atoms with E-state index in [0.717, 1.165) is 24.1 Å². The van der Waals surface area contributed by atoms with E-state index >= 15 is 0 Å². The Morgan fingerprint density at radius 2 is 1.80 bits per heavy atom. The van der Waals surface area contributed by atoms with Gasteiger partial charge in [0.1, 0.15) is 5.75 Å². The van der Waals surface area contributed by atoms with Gasteiger partial charge in [-0.25, -0.2) is 0 Å². The van der Waals surface area contributed by atoms with Crippen LogP contribution in [0.5, 0.6) is 5.75 Å². The normalized spacial score (nSPS) is 22.7. The summed E-state index contributed by atoms with van der Waals surface area (Å²) in [7, 11) is 1.72. The van der Waals surface area contributed by atoms with Crippen LogP contribution in [0.1, 0.15) is 44.6 Å². The van der Waals surface area contributed by atoms with Gasteiger partial charge in [-0.1, -0.05) is 38.3 Å². The smallest absolute Gasteiger partial charge is 0.118 e. The highest BCUT2D eigenvalue weighted by molar-refractivity contribution is 5.27. The molecule has 2 rings (SSSR count). The molecule has 0 heterocycles. The highest BCUT2D eigenvalue weighted by Crippen LogP contribution is 2.33. The van der Waals surface area contributed by atoms with E-state index in [9.17, 15) is 0 Å². The van der Waals surface area contributed by atoms with E-state index in [2.05, 4.69) is 36.5 Å². The Bertz CT molecular complexity index is 374. The average Bonchev–Trinajstić information content (AvgIpc) is 2.52. The average molecular weight is 275 g/mol. The van der Waals surface area contributed by atoms with Gasteiger partial charge in [-0.15, -0.1) is 0 Å². The highest BCUT2D eigenvalue weighted by atomic mass is 16.5. The van der Waals surface area contributed by atoms with Crippen LogP contribution in [-0.4, -0.2) is 20.2 Å². The van der Waals surface area contributed by atoms with Crippen molar-refractivity contribution in [3.63, 3.8) is 0 Å². The highest BCUT2D eigenvalue weighted by Gasteiger charge is 2.24. The van der Waals surface area contributed by atoms with Gasteiger partial charge in [0.2, 0.25) is 0 Å². The fraction of sp³-hybridized carbons (Fsp3) is 0.667. The fourth-order valence-electron chi connectivity index (χ4n) is 3.41. The van der Waals surface area contributed by atoms with Gasteiger partial charge in [0.05, 0.1) is 7.11 Å². The lowest BCUT2D eigenvalue weighted by Crippen LogP contribution is -2.30. The molecule has 1 N–H and O–H groups in total. The molecule has 0 bridgehead atoms. The zero-order valence-corrected chi connectivity index (χ0v) is 13.0. The predicted molar refractivity (Wildman–Crippen MR) is 85.3 cm³/mol. The van der Waals surface area contributed by atoms with Crippen LogP contribution in [-0.2, 0) is 6.42 Å². The van der Waals surface area contributed by atoms with E-state index < -0.39 is 0 Å². The molecule has 1 aromatic rings. The van der Waals surface area contributed by atoms with E-state index in [1.807, 2.05) is 0 Å². The van der Waals surface area contributed by atoms with Crippen molar-refractivity contribution in [3.8, 4) is 5.75 Å². The maximum Gasteiger partial charge on any atom is 0.118 e. The Morgan fingerprint density at radius 1 is 1.10 bits per heavy atom. The SMILES string of the molecule is CCNCC1CCCCC1CCc1ccc(OC)cc1. The molecular formula is C18H29NO. The number of ether oxygens (including phenoxy) is 1. The second-order valence-electron chi connectivity index (χ2n) is 6.00. The van der Waals surface area contributed by atoms with Gasteiger partial charge in [-0.05, 0) is 61.9 Å². The standard InChI is InChI=1S/C18H29NO/c1-3-19-14-17-7-5-4-6-16(17)11-8-15-9-12-18(20-2)13-10-15/h9-10,12-13,16-17,19H,3-8,11,14H2,1-2H3. The molecule has 0 amide bonds. The zero-order valence-electron chi connectivity index (χ0n) is 13.0. The van der Waals surface area contributed by atoms with E-state index in [1.54, 1.807) is 7.11 Å². The molecular weight excluding hydrogens is 246 g/mol. The first-order valence-corrected chi connectivity index (χ1v) is 8.17. The fourth-order valence-corrected chi connectivity index (χ4v) is 3.41. The van der Waals surface area contributed by atoms with Crippen LogP contribution < -0.4 is 10.1 Å². The Balaban J connectivity index is 1.83. The summed E-state index contributed by atoms with van der Waals surface area (Å²) >= 11 is 0. The summed E-state index contributed by atoms with van der Waals surface area (Å²) in [5.74, 6) is 2.75. The van der Waals surface area contributed by atoms with Crippen LogP contribution >= 0.6 is 0 Å². The number of aryl methyl sites for hydroxylation is 1. The van der Waals surface area contributed by atoms with Crippen LogP contribution in [0.2, 0.25) is 0 Å². The maximum absolute atomic E-state index is 5.22. The molecule has 1 saturated carbocycles. The molecule has 1 aliphatic rings. The lowest BCUT2D eigenvalue weighted by atomic mass is 9.76. The summed E-state index contributed by atoms with van der Waals surface area (Å²) < 4.78 is 5.22. The summed E-state index contributed by atoms with van der Waals surface area (Å²) in [5, 5.41) is 3.54. The molecule has 1 aliphatic carbocycles. The van der Waals surface area contributed by atoms with Gasteiger partial charge >= 0.3 is 0 Å². The summed E-state index contributed by atoms with van der Waals surface area (Å²) in [6, 6.07) is 8.57. The third-order valence-electron chi connectivity index (χ3n) is 4.69. The lowest BCUT2D eigenvalue weighted by Gasteiger charge is -2.32. The zero-order chi connectivity index (χ0) is 14.2. The molecule has 0 aliphatic heterocycles. The van der Waals surface area contributed by atoms with Crippen LogP contribution in [0.3, 0.4) is 0 Å². The van der Waals surface area contributed by atoms with Crippen molar-refractivity contribution in [1.29, 1.82) is 0 Å². The first-order chi connectivity index (χ1) is 9.83. The quantitative estimate of drug-likeness (QED) is 0.811.